The van der Waals surface area contributed by atoms with E-state index in [1.807, 2.05) is 41.3 Å². The maximum absolute atomic E-state index is 13.1. The third-order valence-corrected chi connectivity index (χ3v) is 5.32. The summed E-state index contributed by atoms with van der Waals surface area (Å²) in [4.78, 5) is 29.5. The molecule has 6 nitrogen and oxygen atoms in total. The molecule has 0 N–H and O–H groups in total. The number of carbonyl (C=O) groups excluding carboxylic acids is 2. The Balaban J connectivity index is 1.48. The predicted molar refractivity (Wildman–Crippen MR) is 100 cm³/mol. The summed E-state index contributed by atoms with van der Waals surface area (Å²) in [5.41, 5.74) is 1.75. The molecule has 2 aliphatic heterocycles. The second-order valence-electron chi connectivity index (χ2n) is 7.06. The van der Waals surface area contributed by atoms with Gasteiger partial charge in [-0.3, -0.25) is 9.59 Å². The molecule has 0 saturated carbocycles. The number of morpholine rings is 1. The van der Waals surface area contributed by atoms with Crippen molar-refractivity contribution < 1.29 is 18.7 Å². The molecule has 0 bridgehead atoms. The second-order valence-corrected chi connectivity index (χ2v) is 7.06. The lowest BCUT2D eigenvalue weighted by molar-refractivity contribution is -0.141. The Labute approximate surface area is 158 Å². The summed E-state index contributed by atoms with van der Waals surface area (Å²) in [7, 11) is 0. The molecule has 2 fully saturated rings. The van der Waals surface area contributed by atoms with Crippen molar-refractivity contribution in [3.8, 4) is 11.1 Å². The molecular weight excluding hydrogens is 344 g/mol. The zero-order valence-electron chi connectivity index (χ0n) is 15.3. The molecule has 27 heavy (non-hydrogen) atoms. The van der Waals surface area contributed by atoms with Gasteiger partial charge in [0.1, 0.15) is 0 Å². The van der Waals surface area contributed by atoms with Gasteiger partial charge in [-0.1, -0.05) is 30.3 Å². The standard InChI is InChI=1S/C21H24N2O4/c24-20(22-10-13-26-14-11-22)17-7-4-9-23(15-17)21(25)19-18(8-12-27-19)16-5-2-1-3-6-16/h1-3,5-6,8,12,17H,4,7,9-11,13-15H2. The number of carbonyl (C=O) groups is 2. The van der Waals surface area contributed by atoms with E-state index in [1.165, 1.54) is 0 Å². The van der Waals surface area contributed by atoms with Crippen LogP contribution >= 0.6 is 0 Å². The third kappa shape index (κ3) is 3.76. The van der Waals surface area contributed by atoms with E-state index >= 15 is 0 Å². The maximum atomic E-state index is 13.1. The first kappa shape index (κ1) is 17.8. The Hall–Kier alpha value is -2.60. The third-order valence-electron chi connectivity index (χ3n) is 5.32. The van der Waals surface area contributed by atoms with Crippen LogP contribution in [0.15, 0.2) is 47.1 Å². The van der Waals surface area contributed by atoms with Crippen LogP contribution in [0.1, 0.15) is 23.4 Å². The normalized spacial score (nSPS) is 20.5. The number of hydrogen-bond donors (Lipinski definition) is 0. The summed E-state index contributed by atoms with van der Waals surface area (Å²) < 4.78 is 10.9. The molecule has 2 aromatic rings. The average Bonchev–Trinajstić information content (AvgIpc) is 3.24. The Morgan fingerprint density at radius 2 is 1.74 bits per heavy atom. The van der Waals surface area contributed by atoms with Crippen molar-refractivity contribution in [2.45, 2.75) is 12.8 Å². The lowest BCUT2D eigenvalue weighted by Gasteiger charge is -2.36. The van der Waals surface area contributed by atoms with Gasteiger partial charge in [-0.15, -0.1) is 0 Å². The first-order valence-electron chi connectivity index (χ1n) is 9.53. The molecule has 6 heteroatoms. The summed E-state index contributed by atoms with van der Waals surface area (Å²) in [6, 6.07) is 11.6. The summed E-state index contributed by atoms with van der Waals surface area (Å²) in [5, 5.41) is 0. The van der Waals surface area contributed by atoms with Crippen LogP contribution < -0.4 is 0 Å². The maximum Gasteiger partial charge on any atom is 0.290 e. The van der Waals surface area contributed by atoms with Gasteiger partial charge in [0.25, 0.3) is 5.91 Å². The van der Waals surface area contributed by atoms with Gasteiger partial charge in [-0.25, -0.2) is 0 Å². The quantitative estimate of drug-likeness (QED) is 0.836. The highest BCUT2D eigenvalue weighted by Crippen LogP contribution is 2.28. The van der Waals surface area contributed by atoms with Crippen molar-refractivity contribution in [1.82, 2.24) is 9.80 Å². The van der Waals surface area contributed by atoms with Crippen LogP contribution in [-0.2, 0) is 9.53 Å². The summed E-state index contributed by atoms with van der Waals surface area (Å²) >= 11 is 0. The smallest absolute Gasteiger partial charge is 0.290 e. The minimum absolute atomic E-state index is 0.138. The van der Waals surface area contributed by atoms with Crippen molar-refractivity contribution >= 4 is 11.8 Å². The molecule has 2 aliphatic rings. The first-order chi connectivity index (χ1) is 13.2. The Kier molecular flexibility index (Phi) is 5.25. The minimum atomic E-state index is -0.143. The van der Waals surface area contributed by atoms with E-state index in [9.17, 15) is 9.59 Å². The van der Waals surface area contributed by atoms with E-state index in [4.69, 9.17) is 9.15 Å². The topological polar surface area (TPSA) is 63.0 Å². The lowest BCUT2D eigenvalue weighted by Crippen LogP contribution is -2.49. The molecule has 1 aromatic heterocycles. The van der Waals surface area contributed by atoms with Crippen molar-refractivity contribution in [2.75, 3.05) is 39.4 Å². The van der Waals surface area contributed by atoms with Gasteiger partial charge in [0.2, 0.25) is 5.91 Å². The monoisotopic (exact) mass is 368 g/mol. The highest BCUT2D eigenvalue weighted by molar-refractivity contribution is 5.98. The molecular formula is C21H24N2O4. The summed E-state index contributed by atoms with van der Waals surface area (Å²) in [5.74, 6) is 0.202. The number of furan rings is 1. The van der Waals surface area contributed by atoms with Gasteiger partial charge >= 0.3 is 0 Å². The van der Waals surface area contributed by atoms with Crippen molar-refractivity contribution in [3.63, 3.8) is 0 Å². The Morgan fingerprint density at radius 3 is 2.52 bits per heavy atom. The molecule has 1 aromatic carbocycles. The zero-order chi connectivity index (χ0) is 18.6. The van der Waals surface area contributed by atoms with Gasteiger partial charge < -0.3 is 19.0 Å². The van der Waals surface area contributed by atoms with Crippen LogP contribution in [0.3, 0.4) is 0 Å². The van der Waals surface area contributed by atoms with Crippen LogP contribution in [0.4, 0.5) is 0 Å². The Bertz CT molecular complexity index is 796. The van der Waals surface area contributed by atoms with Gasteiger partial charge in [0, 0.05) is 31.7 Å². The SMILES string of the molecule is O=C(c1occc1-c1ccccc1)N1CCCC(C(=O)N2CCOCC2)C1. The number of hydrogen-bond acceptors (Lipinski definition) is 4. The van der Waals surface area contributed by atoms with Crippen molar-refractivity contribution in [1.29, 1.82) is 0 Å². The number of rotatable bonds is 3. The fourth-order valence-corrected chi connectivity index (χ4v) is 3.87. The predicted octanol–water partition coefficient (Wildman–Crippen LogP) is 2.66. The Morgan fingerprint density at radius 1 is 0.963 bits per heavy atom. The summed E-state index contributed by atoms with van der Waals surface area (Å²) in [6.45, 7) is 3.56. The minimum Gasteiger partial charge on any atom is -0.459 e. The fraction of sp³-hybridized carbons (Fsp3) is 0.429. The molecule has 1 atom stereocenters. The van der Waals surface area contributed by atoms with E-state index in [2.05, 4.69) is 0 Å². The molecule has 3 heterocycles. The van der Waals surface area contributed by atoms with Gasteiger partial charge in [-0.2, -0.15) is 0 Å². The zero-order valence-corrected chi connectivity index (χ0v) is 15.3. The average molecular weight is 368 g/mol. The number of piperidine rings is 1. The lowest BCUT2D eigenvalue weighted by atomic mass is 9.95. The number of nitrogens with zero attached hydrogens (tertiary/aromatic N) is 2. The van der Waals surface area contributed by atoms with Gasteiger partial charge in [-0.05, 0) is 24.5 Å². The molecule has 4 rings (SSSR count). The van der Waals surface area contributed by atoms with Gasteiger partial charge in [0.15, 0.2) is 5.76 Å². The molecule has 142 valence electrons. The molecule has 1 unspecified atom stereocenters. The molecule has 0 radical (unpaired) electrons. The molecule has 0 spiro atoms. The number of benzene rings is 1. The van der Waals surface area contributed by atoms with Crippen molar-refractivity contribution in [3.05, 3.63) is 48.4 Å². The highest BCUT2D eigenvalue weighted by atomic mass is 16.5. The highest BCUT2D eigenvalue weighted by Gasteiger charge is 2.33. The van der Waals surface area contributed by atoms with E-state index in [1.54, 1.807) is 11.2 Å². The molecule has 0 aliphatic carbocycles. The van der Waals surface area contributed by atoms with Crippen molar-refractivity contribution in [2.24, 2.45) is 5.92 Å². The van der Waals surface area contributed by atoms with E-state index in [0.29, 0.717) is 45.2 Å². The van der Waals surface area contributed by atoms with E-state index in [0.717, 1.165) is 24.0 Å². The summed E-state index contributed by atoms with van der Waals surface area (Å²) in [6.07, 6.45) is 3.20. The molecule has 2 saturated heterocycles. The van der Waals surface area contributed by atoms with Crippen LogP contribution in [0.2, 0.25) is 0 Å². The molecule has 2 amide bonds. The van der Waals surface area contributed by atoms with Crippen LogP contribution in [0.5, 0.6) is 0 Å². The number of amides is 2. The van der Waals surface area contributed by atoms with Crippen LogP contribution in [0, 0.1) is 5.92 Å². The van der Waals surface area contributed by atoms with E-state index in [-0.39, 0.29) is 17.7 Å². The number of ether oxygens (including phenoxy) is 1. The van der Waals surface area contributed by atoms with E-state index < -0.39 is 0 Å². The van der Waals surface area contributed by atoms with Gasteiger partial charge in [0.05, 0.1) is 25.4 Å². The van der Waals surface area contributed by atoms with Crippen LogP contribution in [-0.4, -0.2) is 61.0 Å². The largest absolute Gasteiger partial charge is 0.459 e. The second kappa shape index (κ2) is 7.96. The van der Waals surface area contributed by atoms with Crippen LogP contribution in [0.25, 0.3) is 11.1 Å². The fourth-order valence-electron chi connectivity index (χ4n) is 3.87. The number of likely N-dealkylation sites (tertiary alicyclic amines) is 1. The first-order valence-corrected chi connectivity index (χ1v) is 9.53.